The van der Waals surface area contributed by atoms with Gasteiger partial charge in [-0.3, -0.25) is 4.79 Å². The van der Waals surface area contributed by atoms with Gasteiger partial charge in [0.1, 0.15) is 5.70 Å². The summed E-state index contributed by atoms with van der Waals surface area (Å²) in [5.41, 5.74) is 1.68. The number of hydrogen-bond donors (Lipinski definition) is 0. The van der Waals surface area contributed by atoms with Crippen LogP contribution in [0.2, 0.25) is 0 Å². The first-order valence-electron chi connectivity index (χ1n) is 9.43. The Hall–Kier alpha value is -4.20. The lowest BCUT2D eigenvalue weighted by Crippen LogP contribution is -2.34. The van der Waals surface area contributed by atoms with Crippen LogP contribution in [0.5, 0.6) is 17.2 Å². The van der Waals surface area contributed by atoms with Crippen molar-refractivity contribution in [1.82, 2.24) is 9.97 Å². The van der Waals surface area contributed by atoms with E-state index in [4.69, 9.17) is 14.2 Å². The second-order valence-corrected chi connectivity index (χ2v) is 6.48. The summed E-state index contributed by atoms with van der Waals surface area (Å²) in [4.78, 5) is 27.8. The molecule has 1 aromatic heterocycles. The molecule has 1 aliphatic heterocycles. The number of nitrogens with zero attached hydrogens (tertiary/aromatic N) is 4. The highest BCUT2D eigenvalue weighted by atomic mass is 16.5. The summed E-state index contributed by atoms with van der Waals surface area (Å²) < 4.78 is 16.2. The number of anilines is 1. The van der Waals surface area contributed by atoms with E-state index in [1.54, 1.807) is 36.7 Å². The molecule has 3 aromatic rings. The molecular weight excluding hydrogens is 396 g/mol. The summed E-state index contributed by atoms with van der Waals surface area (Å²) in [7, 11) is 4.61. The summed E-state index contributed by atoms with van der Waals surface area (Å²) in [6.07, 6.45) is 4.83. The molecule has 0 saturated heterocycles. The van der Waals surface area contributed by atoms with E-state index in [0.717, 1.165) is 5.56 Å². The maximum Gasteiger partial charge on any atom is 0.285 e. The van der Waals surface area contributed by atoms with Gasteiger partial charge in [0.05, 0.1) is 21.3 Å². The minimum atomic E-state index is -0.334. The van der Waals surface area contributed by atoms with Crippen LogP contribution < -0.4 is 19.1 Å². The number of benzene rings is 2. The van der Waals surface area contributed by atoms with E-state index < -0.39 is 0 Å². The maximum atomic E-state index is 13.3. The van der Waals surface area contributed by atoms with E-state index in [9.17, 15) is 4.79 Å². The van der Waals surface area contributed by atoms with Gasteiger partial charge in [-0.25, -0.2) is 19.9 Å². The molecule has 4 rings (SSSR count). The van der Waals surface area contributed by atoms with E-state index >= 15 is 0 Å². The molecule has 2 aromatic carbocycles. The first-order chi connectivity index (χ1) is 15.2. The lowest BCUT2D eigenvalue weighted by atomic mass is 10.1. The molecule has 31 heavy (non-hydrogen) atoms. The molecule has 0 saturated carbocycles. The van der Waals surface area contributed by atoms with Crippen LogP contribution >= 0.6 is 0 Å². The third-order valence-corrected chi connectivity index (χ3v) is 4.63. The van der Waals surface area contributed by atoms with E-state index in [2.05, 4.69) is 15.0 Å². The molecule has 8 nitrogen and oxygen atoms in total. The van der Waals surface area contributed by atoms with Crippen LogP contribution in [-0.2, 0) is 4.79 Å². The largest absolute Gasteiger partial charge is 0.493 e. The van der Waals surface area contributed by atoms with Gasteiger partial charge >= 0.3 is 0 Å². The third-order valence-electron chi connectivity index (χ3n) is 4.63. The molecule has 0 N–H and O–H groups in total. The molecule has 0 radical (unpaired) electrons. The molecule has 8 heteroatoms. The van der Waals surface area contributed by atoms with E-state index in [0.29, 0.717) is 28.6 Å². The number of amides is 1. The summed E-state index contributed by atoms with van der Waals surface area (Å²) in [5, 5.41) is 0. The average Bonchev–Trinajstić information content (AvgIpc) is 3.15. The molecule has 1 amide bonds. The van der Waals surface area contributed by atoms with Crippen LogP contribution in [0.1, 0.15) is 11.1 Å². The van der Waals surface area contributed by atoms with Gasteiger partial charge in [-0.05, 0) is 29.8 Å². The van der Waals surface area contributed by atoms with E-state index in [1.807, 2.05) is 30.3 Å². The van der Waals surface area contributed by atoms with Crippen LogP contribution in [0.3, 0.4) is 0 Å². The SMILES string of the molecule is COc1cc(C=C2N=C(c3ccccc3)N(c3ncccn3)C2=O)cc(OC)c1OC. The number of aromatic nitrogens is 2. The quantitative estimate of drug-likeness (QED) is 0.573. The van der Waals surface area contributed by atoms with Crippen molar-refractivity contribution in [2.75, 3.05) is 26.2 Å². The third kappa shape index (κ3) is 3.83. The summed E-state index contributed by atoms with van der Waals surface area (Å²) in [6.45, 7) is 0. The normalized spacial score (nSPS) is 14.5. The fourth-order valence-electron chi connectivity index (χ4n) is 3.23. The highest BCUT2D eigenvalue weighted by Crippen LogP contribution is 2.39. The number of carbonyl (C=O) groups is 1. The number of methoxy groups -OCH3 is 3. The molecule has 0 unspecified atom stereocenters. The smallest absolute Gasteiger partial charge is 0.285 e. The second kappa shape index (κ2) is 8.66. The molecule has 0 spiro atoms. The predicted octanol–water partition coefficient (Wildman–Crippen LogP) is 3.34. The number of carbonyl (C=O) groups excluding carboxylic acids is 1. The van der Waals surface area contributed by atoms with Crippen molar-refractivity contribution in [3.63, 3.8) is 0 Å². The number of hydrogen-bond acceptors (Lipinski definition) is 7. The zero-order valence-corrected chi connectivity index (χ0v) is 17.3. The highest BCUT2D eigenvalue weighted by molar-refractivity contribution is 6.32. The summed E-state index contributed by atoms with van der Waals surface area (Å²) >= 11 is 0. The molecule has 0 atom stereocenters. The summed E-state index contributed by atoms with van der Waals surface area (Å²) in [5.74, 6) is 1.81. The fraction of sp³-hybridized carbons (Fsp3) is 0.130. The topological polar surface area (TPSA) is 86.1 Å². The maximum absolute atomic E-state index is 13.3. The standard InChI is InChI=1S/C23H20N4O4/c1-29-18-13-15(14-19(30-2)20(18)31-3)12-17-22(28)27(23-24-10-7-11-25-23)21(26-17)16-8-5-4-6-9-16/h4-14H,1-3H3. The van der Waals surface area contributed by atoms with Gasteiger partial charge in [0, 0.05) is 18.0 Å². The number of aliphatic imine (C=N–C) groups is 1. The monoisotopic (exact) mass is 416 g/mol. The average molecular weight is 416 g/mol. The van der Waals surface area contributed by atoms with Gasteiger partial charge < -0.3 is 14.2 Å². The Balaban J connectivity index is 1.83. The van der Waals surface area contributed by atoms with Crippen molar-refractivity contribution >= 4 is 23.8 Å². The van der Waals surface area contributed by atoms with Crippen molar-refractivity contribution in [3.05, 3.63) is 77.7 Å². The Morgan fingerprint density at radius 2 is 1.52 bits per heavy atom. The Morgan fingerprint density at radius 1 is 0.871 bits per heavy atom. The molecule has 1 aliphatic rings. The predicted molar refractivity (Wildman–Crippen MR) is 117 cm³/mol. The second-order valence-electron chi connectivity index (χ2n) is 6.48. The van der Waals surface area contributed by atoms with Gasteiger partial charge in [0.15, 0.2) is 17.3 Å². The molecule has 156 valence electrons. The molecule has 0 aliphatic carbocycles. The van der Waals surface area contributed by atoms with Crippen molar-refractivity contribution in [2.45, 2.75) is 0 Å². The van der Waals surface area contributed by atoms with Crippen LogP contribution in [0.4, 0.5) is 5.95 Å². The minimum absolute atomic E-state index is 0.237. The van der Waals surface area contributed by atoms with Crippen LogP contribution in [0, 0.1) is 0 Å². The van der Waals surface area contributed by atoms with Gasteiger partial charge in [0.25, 0.3) is 5.91 Å². The van der Waals surface area contributed by atoms with Gasteiger partial charge in [0.2, 0.25) is 11.7 Å². The molecule has 2 heterocycles. The Morgan fingerprint density at radius 3 is 2.10 bits per heavy atom. The molecular formula is C23H20N4O4. The van der Waals surface area contributed by atoms with Crippen molar-refractivity contribution in [2.24, 2.45) is 4.99 Å². The number of ether oxygens (including phenoxy) is 3. The first-order valence-corrected chi connectivity index (χ1v) is 9.43. The van der Waals surface area contributed by atoms with Crippen molar-refractivity contribution in [1.29, 1.82) is 0 Å². The van der Waals surface area contributed by atoms with Crippen LogP contribution in [0.25, 0.3) is 6.08 Å². The number of rotatable bonds is 6. The fourth-order valence-corrected chi connectivity index (χ4v) is 3.23. The summed E-state index contributed by atoms with van der Waals surface area (Å²) in [6, 6.07) is 14.6. The van der Waals surface area contributed by atoms with Crippen molar-refractivity contribution in [3.8, 4) is 17.2 Å². The van der Waals surface area contributed by atoms with Gasteiger partial charge in [-0.15, -0.1) is 0 Å². The van der Waals surface area contributed by atoms with Gasteiger partial charge in [-0.2, -0.15) is 0 Å². The Bertz CT molecular complexity index is 1140. The molecule has 0 fully saturated rings. The van der Waals surface area contributed by atoms with E-state index in [1.165, 1.54) is 26.2 Å². The number of amidine groups is 1. The zero-order valence-electron chi connectivity index (χ0n) is 17.3. The van der Waals surface area contributed by atoms with Crippen LogP contribution in [-0.4, -0.2) is 43.0 Å². The lowest BCUT2D eigenvalue weighted by molar-refractivity contribution is -0.113. The first kappa shape index (κ1) is 20.1. The Kier molecular flexibility index (Phi) is 5.61. The zero-order chi connectivity index (χ0) is 21.8. The van der Waals surface area contributed by atoms with E-state index in [-0.39, 0.29) is 17.6 Å². The minimum Gasteiger partial charge on any atom is -0.493 e. The molecule has 0 bridgehead atoms. The lowest BCUT2D eigenvalue weighted by Gasteiger charge is -2.15. The highest BCUT2D eigenvalue weighted by Gasteiger charge is 2.34. The Labute approximate surface area is 179 Å². The van der Waals surface area contributed by atoms with Gasteiger partial charge in [-0.1, -0.05) is 30.3 Å². The van der Waals surface area contributed by atoms with Crippen molar-refractivity contribution < 1.29 is 19.0 Å². The van der Waals surface area contributed by atoms with Crippen LogP contribution in [0.15, 0.2) is 71.6 Å².